The van der Waals surface area contributed by atoms with Crippen LogP contribution >= 0.6 is 0 Å². The minimum atomic E-state index is -3.49. The number of hydrogen-bond donors (Lipinski definition) is 2. The largest absolute Gasteiger partial charge is 0.494 e. The van der Waals surface area contributed by atoms with Crippen molar-refractivity contribution in [1.29, 1.82) is 0 Å². The second-order valence-corrected chi connectivity index (χ2v) is 5.72. The molecule has 0 aliphatic rings. The molecule has 0 atom stereocenters. The third kappa shape index (κ3) is 3.59. The molecule has 2 N–H and O–H groups in total. The molecular weight excluding hydrogens is 264 g/mol. The Hall–Kier alpha value is -1.79. The first kappa shape index (κ1) is 13.6. The van der Waals surface area contributed by atoms with Crippen LogP contribution in [-0.2, 0) is 16.6 Å². The van der Waals surface area contributed by atoms with E-state index in [1.165, 1.54) is 12.1 Å². The first-order chi connectivity index (χ1) is 9.12. The minimum Gasteiger partial charge on any atom is -0.494 e. The molecule has 0 spiro atoms. The highest BCUT2D eigenvalue weighted by atomic mass is 32.2. The minimum absolute atomic E-state index is 0.228. The zero-order valence-corrected chi connectivity index (χ0v) is 11.4. The Morgan fingerprint density at radius 1 is 1.21 bits per heavy atom. The van der Waals surface area contributed by atoms with Crippen LogP contribution in [-0.4, -0.2) is 20.0 Å². The van der Waals surface area contributed by atoms with Gasteiger partial charge < -0.3 is 9.72 Å². The van der Waals surface area contributed by atoms with Crippen LogP contribution in [0.15, 0.2) is 47.6 Å². The van der Waals surface area contributed by atoms with Crippen molar-refractivity contribution >= 4 is 10.0 Å². The molecular formula is C13H16N2O3S. The fourth-order valence-corrected chi connectivity index (χ4v) is 2.63. The summed E-state index contributed by atoms with van der Waals surface area (Å²) in [6.45, 7) is 2.69. The van der Waals surface area contributed by atoms with Crippen LogP contribution in [0.25, 0.3) is 0 Å². The summed E-state index contributed by atoms with van der Waals surface area (Å²) in [5.41, 5.74) is 0.884. The molecule has 0 aliphatic heterocycles. The van der Waals surface area contributed by atoms with Crippen LogP contribution in [0.4, 0.5) is 0 Å². The van der Waals surface area contributed by atoms with Gasteiger partial charge in [0.15, 0.2) is 0 Å². The summed E-state index contributed by atoms with van der Waals surface area (Å²) in [6, 6.07) is 8.18. The van der Waals surface area contributed by atoms with E-state index in [2.05, 4.69) is 9.71 Å². The summed E-state index contributed by atoms with van der Waals surface area (Å²) < 4.78 is 31.9. The van der Waals surface area contributed by atoms with E-state index < -0.39 is 10.0 Å². The van der Waals surface area contributed by atoms with Gasteiger partial charge in [0.1, 0.15) is 5.75 Å². The van der Waals surface area contributed by atoms with E-state index in [1.807, 2.05) is 13.0 Å². The maximum atomic E-state index is 12.0. The third-order valence-electron chi connectivity index (χ3n) is 2.57. The van der Waals surface area contributed by atoms with E-state index in [9.17, 15) is 8.42 Å². The highest BCUT2D eigenvalue weighted by Gasteiger charge is 2.13. The molecule has 2 aromatic rings. The maximum Gasteiger partial charge on any atom is 0.240 e. The van der Waals surface area contributed by atoms with E-state index in [0.29, 0.717) is 12.4 Å². The number of aromatic nitrogens is 1. The highest BCUT2D eigenvalue weighted by Crippen LogP contribution is 2.16. The lowest BCUT2D eigenvalue weighted by Gasteiger charge is -2.07. The Bertz CT molecular complexity index is 604. The van der Waals surface area contributed by atoms with Gasteiger partial charge in [-0.3, -0.25) is 0 Å². The van der Waals surface area contributed by atoms with Crippen molar-refractivity contribution in [3.8, 4) is 5.75 Å². The van der Waals surface area contributed by atoms with Crippen LogP contribution in [0.2, 0.25) is 0 Å². The Balaban J connectivity index is 2.06. The van der Waals surface area contributed by atoms with Crippen molar-refractivity contribution in [2.45, 2.75) is 18.4 Å². The summed E-state index contributed by atoms with van der Waals surface area (Å²) >= 11 is 0. The summed E-state index contributed by atoms with van der Waals surface area (Å²) in [5, 5.41) is 0. The average Bonchev–Trinajstić information content (AvgIpc) is 2.91. The van der Waals surface area contributed by atoms with Gasteiger partial charge in [-0.15, -0.1) is 0 Å². The molecule has 5 nitrogen and oxygen atoms in total. The van der Waals surface area contributed by atoms with Crippen molar-refractivity contribution in [2.24, 2.45) is 0 Å². The van der Waals surface area contributed by atoms with Crippen molar-refractivity contribution in [3.05, 3.63) is 48.3 Å². The molecule has 1 aromatic heterocycles. The van der Waals surface area contributed by atoms with E-state index in [4.69, 9.17) is 4.74 Å². The number of nitrogens with one attached hydrogen (secondary N) is 2. The smallest absolute Gasteiger partial charge is 0.240 e. The van der Waals surface area contributed by atoms with Gasteiger partial charge >= 0.3 is 0 Å². The quantitative estimate of drug-likeness (QED) is 0.849. The number of benzene rings is 1. The van der Waals surface area contributed by atoms with Crippen LogP contribution in [0.5, 0.6) is 5.75 Å². The number of ether oxygens (including phenoxy) is 1. The van der Waals surface area contributed by atoms with E-state index >= 15 is 0 Å². The fourth-order valence-electron chi connectivity index (χ4n) is 1.61. The zero-order chi connectivity index (χ0) is 13.7. The Morgan fingerprint density at radius 3 is 2.53 bits per heavy atom. The topological polar surface area (TPSA) is 71.2 Å². The SMILES string of the molecule is CCOc1ccc(S(=O)(=O)NCc2cc[nH]c2)cc1. The highest BCUT2D eigenvalue weighted by molar-refractivity contribution is 7.89. The van der Waals surface area contributed by atoms with Gasteiger partial charge in [-0.2, -0.15) is 0 Å². The molecule has 1 aromatic carbocycles. The maximum absolute atomic E-state index is 12.0. The number of H-pyrrole nitrogens is 1. The number of hydrogen-bond acceptors (Lipinski definition) is 3. The van der Waals surface area contributed by atoms with Gasteiger partial charge in [0.25, 0.3) is 0 Å². The summed E-state index contributed by atoms with van der Waals surface area (Å²) in [5.74, 6) is 0.659. The monoisotopic (exact) mass is 280 g/mol. The molecule has 19 heavy (non-hydrogen) atoms. The number of sulfonamides is 1. The molecule has 0 saturated carbocycles. The van der Waals surface area contributed by atoms with Crippen LogP contribution < -0.4 is 9.46 Å². The number of aromatic amines is 1. The second-order valence-electron chi connectivity index (χ2n) is 3.95. The van der Waals surface area contributed by atoms with Gasteiger partial charge in [0.05, 0.1) is 11.5 Å². The van der Waals surface area contributed by atoms with Crippen molar-refractivity contribution in [2.75, 3.05) is 6.61 Å². The molecule has 0 radical (unpaired) electrons. The van der Waals surface area contributed by atoms with Crippen molar-refractivity contribution in [1.82, 2.24) is 9.71 Å². The predicted molar refractivity (Wildman–Crippen MR) is 72.4 cm³/mol. The van der Waals surface area contributed by atoms with Crippen LogP contribution in [0.1, 0.15) is 12.5 Å². The standard InChI is InChI=1S/C13H16N2O3S/c1-2-18-12-3-5-13(6-4-12)19(16,17)15-10-11-7-8-14-9-11/h3-9,14-15H,2,10H2,1H3. The van der Waals surface area contributed by atoms with Gasteiger partial charge in [-0.1, -0.05) is 0 Å². The molecule has 2 rings (SSSR count). The second kappa shape index (κ2) is 5.90. The van der Waals surface area contributed by atoms with Gasteiger partial charge in [-0.25, -0.2) is 13.1 Å². The van der Waals surface area contributed by atoms with Gasteiger partial charge in [0.2, 0.25) is 10.0 Å². The third-order valence-corrected chi connectivity index (χ3v) is 3.99. The Morgan fingerprint density at radius 2 is 1.95 bits per heavy atom. The molecule has 0 amide bonds. The summed E-state index contributed by atoms with van der Waals surface area (Å²) in [7, 11) is -3.49. The molecule has 102 valence electrons. The lowest BCUT2D eigenvalue weighted by Crippen LogP contribution is -2.22. The summed E-state index contributed by atoms with van der Waals surface area (Å²) in [6.07, 6.45) is 3.50. The van der Waals surface area contributed by atoms with E-state index in [0.717, 1.165) is 5.56 Å². The normalized spacial score (nSPS) is 11.4. The predicted octanol–water partition coefficient (Wildman–Crippen LogP) is 1.89. The van der Waals surface area contributed by atoms with Crippen LogP contribution in [0.3, 0.4) is 0 Å². The first-order valence-corrected chi connectivity index (χ1v) is 7.44. The lowest BCUT2D eigenvalue weighted by molar-refractivity contribution is 0.340. The number of rotatable bonds is 6. The molecule has 0 saturated heterocycles. The first-order valence-electron chi connectivity index (χ1n) is 5.96. The summed E-state index contributed by atoms with van der Waals surface area (Å²) in [4.78, 5) is 3.10. The molecule has 0 fully saturated rings. The molecule has 0 unspecified atom stereocenters. The van der Waals surface area contributed by atoms with Gasteiger partial charge in [-0.05, 0) is 42.8 Å². The Labute approximate surface area is 112 Å². The lowest BCUT2D eigenvalue weighted by atomic mass is 10.3. The average molecular weight is 280 g/mol. The fraction of sp³-hybridized carbons (Fsp3) is 0.231. The Kier molecular flexibility index (Phi) is 4.24. The van der Waals surface area contributed by atoms with Crippen LogP contribution in [0, 0.1) is 0 Å². The zero-order valence-electron chi connectivity index (χ0n) is 10.6. The van der Waals surface area contributed by atoms with E-state index in [-0.39, 0.29) is 11.4 Å². The molecule has 1 heterocycles. The molecule has 0 bridgehead atoms. The molecule has 0 aliphatic carbocycles. The van der Waals surface area contributed by atoms with E-state index in [1.54, 1.807) is 24.5 Å². The van der Waals surface area contributed by atoms with Crippen molar-refractivity contribution in [3.63, 3.8) is 0 Å². The molecule has 6 heteroatoms. The van der Waals surface area contributed by atoms with Crippen molar-refractivity contribution < 1.29 is 13.2 Å². The van der Waals surface area contributed by atoms with Gasteiger partial charge in [0, 0.05) is 18.9 Å².